The standard InChI is InChI=1S/C10H11BrN2O5S/c1-7(18-19(14,15)16)6-17-10-5-13-8(2-3-12-13)4-9(10)11/h2-5,7H,6H2,1H3,(H,14,15,16). The molecule has 0 fully saturated rings. The van der Waals surface area contributed by atoms with Gasteiger partial charge in [-0.25, -0.2) is 8.70 Å². The predicted octanol–water partition coefficient (Wildman–Crippen LogP) is 1.68. The first-order chi connectivity index (χ1) is 8.85. The first kappa shape index (κ1) is 14.3. The van der Waals surface area contributed by atoms with E-state index in [1.54, 1.807) is 16.9 Å². The van der Waals surface area contributed by atoms with Gasteiger partial charge in [0, 0.05) is 6.20 Å². The van der Waals surface area contributed by atoms with Gasteiger partial charge in [-0.05, 0) is 35.0 Å². The van der Waals surface area contributed by atoms with Gasteiger partial charge in [-0.15, -0.1) is 0 Å². The molecule has 1 unspecified atom stereocenters. The van der Waals surface area contributed by atoms with Crippen molar-refractivity contribution in [1.29, 1.82) is 0 Å². The molecule has 19 heavy (non-hydrogen) atoms. The van der Waals surface area contributed by atoms with Crippen molar-refractivity contribution in [3.05, 3.63) is 29.0 Å². The highest BCUT2D eigenvalue weighted by Gasteiger charge is 2.14. The highest BCUT2D eigenvalue weighted by atomic mass is 79.9. The van der Waals surface area contributed by atoms with Crippen LogP contribution in [0.4, 0.5) is 0 Å². The van der Waals surface area contributed by atoms with Gasteiger partial charge in [-0.3, -0.25) is 4.55 Å². The maximum Gasteiger partial charge on any atom is 0.397 e. The average Bonchev–Trinajstić information content (AvgIpc) is 2.70. The van der Waals surface area contributed by atoms with Crippen LogP contribution >= 0.6 is 15.9 Å². The Bertz CT molecular complexity index is 684. The molecular weight excluding hydrogens is 340 g/mol. The molecule has 2 heterocycles. The van der Waals surface area contributed by atoms with E-state index in [4.69, 9.17) is 9.29 Å². The fourth-order valence-electron chi connectivity index (χ4n) is 1.47. The number of pyridine rings is 1. The van der Waals surface area contributed by atoms with Crippen LogP contribution in [0.15, 0.2) is 29.0 Å². The molecule has 0 spiro atoms. The molecule has 2 aromatic rings. The lowest BCUT2D eigenvalue weighted by Crippen LogP contribution is -2.21. The van der Waals surface area contributed by atoms with E-state index >= 15 is 0 Å². The van der Waals surface area contributed by atoms with E-state index in [2.05, 4.69) is 25.2 Å². The van der Waals surface area contributed by atoms with Crippen molar-refractivity contribution in [3.8, 4) is 5.75 Å². The molecule has 1 atom stereocenters. The van der Waals surface area contributed by atoms with Gasteiger partial charge in [0.15, 0.2) is 5.75 Å². The third-order valence-corrected chi connectivity index (χ3v) is 3.40. The van der Waals surface area contributed by atoms with E-state index in [0.29, 0.717) is 10.2 Å². The highest BCUT2D eigenvalue weighted by molar-refractivity contribution is 9.10. The molecule has 0 aliphatic heterocycles. The molecule has 0 saturated carbocycles. The molecule has 2 aromatic heterocycles. The van der Waals surface area contributed by atoms with Crippen LogP contribution in [0.25, 0.3) is 5.52 Å². The molecular formula is C10H11BrN2O5S. The maximum absolute atomic E-state index is 10.5. The van der Waals surface area contributed by atoms with Gasteiger partial charge in [-0.1, -0.05) is 0 Å². The zero-order chi connectivity index (χ0) is 14.0. The van der Waals surface area contributed by atoms with Gasteiger partial charge in [-0.2, -0.15) is 13.5 Å². The summed E-state index contributed by atoms with van der Waals surface area (Å²) in [5.41, 5.74) is 0.890. The van der Waals surface area contributed by atoms with Crippen molar-refractivity contribution in [3.63, 3.8) is 0 Å². The number of hydrogen-bond acceptors (Lipinski definition) is 5. The Balaban J connectivity index is 2.07. The van der Waals surface area contributed by atoms with Crippen LogP contribution in [-0.4, -0.2) is 35.3 Å². The Morgan fingerprint density at radius 1 is 1.58 bits per heavy atom. The third-order valence-electron chi connectivity index (χ3n) is 2.21. The van der Waals surface area contributed by atoms with E-state index < -0.39 is 16.5 Å². The summed E-state index contributed by atoms with van der Waals surface area (Å²) in [4.78, 5) is 0. The Hall–Kier alpha value is -1.16. The summed E-state index contributed by atoms with van der Waals surface area (Å²) in [6.07, 6.45) is 2.49. The van der Waals surface area contributed by atoms with E-state index in [9.17, 15) is 8.42 Å². The molecule has 0 radical (unpaired) electrons. The van der Waals surface area contributed by atoms with Crippen molar-refractivity contribution in [2.24, 2.45) is 0 Å². The van der Waals surface area contributed by atoms with Crippen molar-refractivity contribution < 1.29 is 21.9 Å². The van der Waals surface area contributed by atoms with Gasteiger partial charge >= 0.3 is 10.4 Å². The monoisotopic (exact) mass is 350 g/mol. The van der Waals surface area contributed by atoms with E-state index in [1.165, 1.54) is 6.92 Å². The Labute approximate surface area is 118 Å². The lowest BCUT2D eigenvalue weighted by Gasteiger charge is -2.13. The van der Waals surface area contributed by atoms with Crippen LogP contribution in [0.1, 0.15) is 6.92 Å². The average molecular weight is 351 g/mol. The Kier molecular flexibility index (Phi) is 4.09. The molecule has 9 heteroatoms. The Morgan fingerprint density at radius 3 is 3.00 bits per heavy atom. The number of ether oxygens (including phenoxy) is 1. The summed E-state index contributed by atoms with van der Waals surface area (Å²) >= 11 is 3.34. The topological polar surface area (TPSA) is 90.1 Å². The minimum Gasteiger partial charge on any atom is -0.488 e. The van der Waals surface area contributed by atoms with Crippen LogP contribution in [0, 0.1) is 0 Å². The number of halogens is 1. The molecule has 104 valence electrons. The van der Waals surface area contributed by atoms with Gasteiger partial charge < -0.3 is 4.74 Å². The van der Waals surface area contributed by atoms with Crippen LogP contribution in [-0.2, 0) is 14.6 Å². The van der Waals surface area contributed by atoms with Crippen molar-refractivity contribution in [1.82, 2.24) is 9.61 Å². The smallest absolute Gasteiger partial charge is 0.397 e. The number of hydrogen-bond donors (Lipinski definition) is 1. The minimum atomic E-state index is -4.47. The third kappa shape index (κ3) is 3.90. The summed E-state index contributed by atoms with van der Waals surface area (Å²) in [7, 11) is -4.47. The predicted molar refractivity (Wildman–Crippen MR) is 70.5 cm³/mol. The molecule has 0 aromatic carbocycles. The van der Waals surface area contributed by atoms with Crippen molar-refractivity contribution >= 4 is 31.8 Å². The van der Waals surface area contributed by atoms with E-state index in [-0.39, 0.29) is 6.61 Å². The highest BCUT2D eigenvalue weighted by Crippen LogP contribution is 2.26. The molecule has 7 nitrogen and oxygen atoms in total. The number of rotatable bonds is 5. The summed E-state index contributed by atoms with van der Waals surface area (Å²) in [5, 5.41) is 4.06. The van der Waals surface area contributed by atoms with Gasteiger partial charge in [0.2, 0.25) is 0 Å². The quantitative estimate of drug-likeness (QED) is 0.825. The van der Waals surface area contributed by atoms with Gasteiger partial charge in [0.25, 0.3) is 0 Å². The lowest BCUT2D eigenvalue weighted by molar-refractivity contribution is 0.132. The van der Waals surface area contributed by atoms with Crippen LogP contribution < -0.4 is 4.74 Å². The van der Waals surface area contributed by atoms with Crippen LogP contribution in [0.2, 0.25) is 0 Å². The molecule has 0 aliphatic carbocycles. The number of aromatic nitrogens is 2. The van der Waals surface area contributed by atoms with Crippen LogP contribution in [0.3, 0.4) is 0 Å². The summed E-state index contributed by atoms with van der Waals surface area (Å²) in [5.74, 6) is 0.488. The Morgan fingerprint density at radius 2 is 2.32 bits per heavy atom. The van der Waals surface area contributed by atoms with E-state index in [1.807, 2.05) is 12.1 Å². The molecule has 2 rings (SSSR count). The summed E-state index contributed by atoms with van der Waals surface area (Å²) < 4.78 is 41.6. The molecule has 1 N–H and O–H groups in total. The number of nitrogens with zero attached hydrogens (tertiary/aromatic N) is 2. The second-order valence-corrected chi connectivity index (χ2v) is 5.73. The van der Waals surface area contributed by atoms with Gasteiger partial charge in [0.1, 0.15) is 12.7 Å². The fraction of sp³-hybridized carbons (Fsp3) is 0.300. The zero-order valence-corrected chi connectivity index (χ0v) is 12.3. The molecule has 0 bridgehead atoms. The summed E-state index contributed by atoms with van der Waals surface area (Å²) in [6.45, 7) is 1.43. The van der Waals surface area contributed by atoms with Gasteiger partial charge in [0.05, 0.1) is 16.2 Å². The maximum atomic E-state index is 10.5. The normalized spacial score (nSPS) is 13.6. The first-order valence-electron chi connectivity index (χ1n) is 5.26. The second kappa shape index (κ2) is 5.45. The van der Waals surface area contributed by atoms with Crippen LogP contribution in [0.5, 0.6) is 5.75 Å². The first-order valence-corrected chi connectivity index (χ1v) is 7.42. The zero-order valence-electron chi connectivity index (χ0n) is 9.85. The van der Waals surface area contributed by atoms with Crippen molar-refractivity contribution in [2.75, 3.05) is 6.61 Å². The second-order valence-electron chi connectivity index (χ2n) is 3.83. The van der Waals surface area contributed by atoms with Crippen molar-refractivity contribution in [2.45, 2.75) is 13.0 Å². The minimum absolute atomic E-state index is 0.0365. The van der Waals surface area contributed by atoms with E-state index in [0.717, 1.165) is 5.52 Å². The molecule has 0 aliphatic rings. The number of fused-ring (bicyclic) bond motifs is 1. The SMILES string of the molecule is CC(COc1cn2nccc2cc1Br)OS(=O)(=O)O. The molecule has 0 amide bonds. The largest absolute Gasteiger partial charge is 0.488 e. The fourth-order valence-corrected chi connectivity index (χ4v) is 2.39. The summed E-state index contributed by atoms with van der Waals surface area (Å²) in [6, 6.07) is 3.65. The lowest BCUT2D eigenvalue weighted by atomic mass is 10.4. The molecule has 0 saturated heterocycles.